The highest BCUT2D eigenvalue weighted by Crippen LogP contribution is 2.05. The van der Waals surface area contributed by atoms with Crippen LogP contribution in [0.15, 0.2) is 24.3 Å². The molecular formula is C10H11NO2S. The topological polar surface area (TPSA) is 52.3 Å². The number of thiocarbonyl (C=S) groups is 1. The first-order valence-electron chi connectivity index (χ1n) is 4.11. The Balaban J connectivity index is 2.64. The van der Waals surface area contributed by atoms with E-state index in [0.29, 0.717) is 4.99 Å². The molecule has 0 saturated carbocycles. The zero-order valence-electron chi connectivity index (χ0n) is 7.82. The van der Waals surface area contributed by atoms with Crippen molar-refractivity contribution in [2.75, 3.05) is 0 Å². The van der Waals surface area contributed by atoms with Crippen LogP contribution in [-0.2, 0) is 16.1 Å². The van der Waals surface area contributed by atoms with Gasteiger partial charge in [0.05, 0.1) is 0 Å². The predicted octanol–water partition coefficient (Wildman–Crippen LogP) is 1.38. The van der Waals surface area contributed by atoms with Crippen LogP contribution in [0.4, 0.5) is 0 Å². The number of ether oxygens (including phenoxy) is 1. The molecule has 0 saturated heterocycles. The number of hydrogen-bond acceptors (Lipinski definition) is 3. The van der Waals surface area contributed by atoms with E-state index >= 15 is 0 Å². The van der Waals surface area contributed by atoms with E-state index < -0.39 is 0 Å². The van der Waals surface area contributed by atoms with Crippen LogP contribution in [0.1, 0.15) is 18.1 Å². The Kier molecular flexibility index (Phi) is 3.59. The molecule has 0 aliphatic heterocycles. The van der Waals surface area contributed by atoms with Gasteiger partial charge in [-0.1, -0.05) is 36.5 Å². The molecule has 3 nitrogen and oxygen atoms in total. The zero-order chi connectivity index (χ0) is 10.6. The van der Waals surface area contributed by atoms with Gasteiger partial charge < -0.3 is 10.5 Å². The van der Waals surface area contributed by atoms with Gasteiger partial charge in [-0.3, -0.25) is 4.79 Å². The van der Waals surface area contributed by atoms with E-state index in [9.17, 15) is 4.79 Å². The number of carbonyl (C=O) groups is 1. The fourth-order valence-electron chi connectivity index (χ4n) is 0.950. The van der Waals surface area contributed by atoms with Crippen LogP contribution in [0, 0.1) is 0 Å². The lowest BCUT2D eigenvalue weighted by Crippen LogP contribution is -2.09. The standard InChI is InChI=1S/C10H11NO2S/c1-7(12)13-6-8-2-4-9(5-3-8)10(11)14/h2-5H,6H2,1H3,(H2,11,14). The second-order valence-corrected chi connectivity index (χ2v) is 3.28. The summed E-state index contributed by atoms with van der Waals surface area (Å²) in [5.41, 5.74) is 7.16. The molecule has 1 aromatic rings. The molecule has 0 radical (unpaired) electrons. The highest BCUT2D eigenvalue weighted by molar-refractivity contribution is 7.80. The monoisotopic (exact) mass is 209 g/mol. The lowest BCUT2D eigenvalue weighted by Gasteiger charge is -2.03. The predicted molar refractivity (Wildman–Crippen MR) is 57.8 cm³/mol. The van der Waals surface area contributed by atoms with E-state index in [2.05, 4.69) is 0 Å². The summed E-state index contributed by atoms with van der Waals surface area (Å²) in [7, 11) is 0. The number of hydrogen-bond donors (Lipinski definition) is 1. The zero-order valence-corrected chi connectivity index (χ0v) is 8.64. The second kappa shape index (κ2) is 4.72. The quantitative estimate of drug-likeness (QED) is 0.603. The van der Waals surface area contributed by atoms with Gasteiger partial charge in [-0.2, -0.15) is 0 Å². The highest BCUT2D eigenvalue weighted by Gasteiger charge is 1.98. The van der Waals surface area contributed by atoms with Crippen LogP contribution in [0.5, 0.6) is 0 Å². The molecule has 2 N–H and O–H groups in total. The van der Waals surface area contributed by atoms with Crippen molar-refractivity contribution >= 4 is 23.2 Å². The maximum atomic E-state index is 10.5. The minimum absolute atomic E-state index is 0.285. The maximum absolute atomic E-state index is 10.5. The van der Waals surface area contributed by atoms with Crippen LogP contribution in [0.3, 0.4) is 0 Å². The summed E-state index contributed by atoms with van der Waals surface area (Å²) >= 11 is 4.80. The van der Waals surface area contributed by atoms with Crippen molar-refractivity contribution in [1.82, 2.24) is 0 Å². The lowest BCUT2D eigenvalue weighted by molar-refractivity contribution is -0.142. The SMILES string of the molecule is CC(=O)OCc1ccc(C(N)=S)cc1. The molecule has 0 bridgehead atoms. The first kappa shape index (κ1) is 10.7. The van der Waals surface area contributed by atoms with Crippen LogP contribution in [-0.4, -0.2) is 11.0 Å². The Labute approximate surface area is 87.9 Å². The minimum atomic E-state index is -0.288. The molecule has 0 aromatic heterocycles. The molecule has 0 fully saturated rings. The van der Waals surface area contributed by atoms with E-state index in [1.54, 1.807) is 12.1 Å². The third-order valence-electron chi connectivity index (χ3n) is 1.68. The van der Waals surface area contributed by atoms with Crippen molar-refractivity contribution in [3.63, 3.8) is 0 Å². The van der Waals surface area contributed by atoms with Gasteiger partial charge in [-0.05, 0) is 5.56 Å². The summed E-state index contributed by atoms with van der Waals surface area (Å²) in [5, 5.41) is 0. The molecule has 0 heterocycles. The van der Waals surface area contributed by atoms with Crippen LogP contribution in [0.2, 0.25) is 0 Å². The Bertz CT molecular complexity index is 346. The number of esters is 1. The molecule has 0 atom stereocenters. The summed E-state index contributed by atoms with van der Waals surface area (Å²) < 4.78 is 4.83. The largest absolute Gasteiger partial charge is 0.461 e. The third-order valence-corrected chi connectivity index (χ3v) is 1.92. The van der Waals surface area contributed by atoms with E-state index in [1.807, 2.05) is 12.1 Å². The molecule has 0 unspecified atom stereocenters. The van der Waals surface area contributed by atoms with Gasteiger partial charge in [0.15, 0.2) is 0 Å². The molecule has 4 heteroatoms. The normalized spacial score (nSPS) is 9.50. The summed E-state index contributed by atoms with van der Waals surface area (Å²) in [6.45, 7) is 1.66. The van der Waals surface area contributed by atoms with E-state index in [1.165, 1.54) is 6.92 Å². The molecule has 0 spiro atoms. The molecule has 14 heavy (non-hydrogen) atoms. The van der Waals surface area contributed by atoms with Gasteiger partial charge in [-0.15, -0.1) is 0 Å². The Morgan fingerprint density at radius 1 is 1.43 bits per heavy atom. The number of nitrogens with two attached hydrogens (primary N) is 1. The minimum Gasteiger partial charge on any atom is -0.461 e. The van der Waals surface area contributed by atoms with E-state index in [0.717, 1.165) is 11.1 Å². The van der Waals surface area contributed by atoms with Gasteiger partial charge in [0.1, 0.15) is 11.6 Å². The van der Waals surface area contributed by atoms with Crippen molar-refractivity contribution in [3.05, 3.63) is 35.4 Å². The van der Waals surface area contributed by atoms with Crippen molar-refractivity contribution in [1.29, 1.82) is 0 Å². The fourth-order valence-corrected chi connectivity index (χ4v) is 1.09. The van der Waals surface area contributed by atoms with Crippen LogP contribution < -0.4 is 5.73 Å². The summed E-state index contributed by atoms with van der Waals surface area (Å²) in [6, 6.07) is 7.27. The van der Waals surface area contributed by atoms with Crippen LogP contribution in [0.25, 0.3) is 0 Å². The van der Waals surface area contributed by atoms with Gasteiger partial charge in [0.25, 0.3) is 0 Å². The number of benzene rings is 1. The molecule has 0 amide bonds. The molecule has 74 valence electrons. The van der Waals surface area contributed by atoms with E-state index in [4.69, 9.17) is 22.7 Å². The first-order chi connectivity index (χ1) is 6.59. The van der Waals surface area contributed by atoms with Gasteiger partial charge >= 0.3 is 5.97 Å². The number of carbonyl (C=O) groups excluding carboxylic acids is 1. The molecule has 0 aliphatic rings. The van der Waals surface area contributed by atoms with E-state index in [-0.39, 0.29) is 12.6 Å². The summed E-state index contributed by atoms with van der Waals surface area (Å²) in [6.07, 6.45) is 0. The van der Waals surface area contributed by atoms with Crippen LogP contribution >= 0.6 is 12.2 Å². The first-order valence-corrected chi connectivity index (χ1v) is 4.52. The molecule has 0 aliphatic carbocycles. The average Bonchev–Trinajstić information content (AvgIpc) is 2.15. The van der Waals surface area contributed by atoms with Crippen molar-refractivity contribution in [2.45, 2.75) is 13.5 Å². The second-order valence-electron chi connectivity index (χ2n) is 2.84. The van der Waals surface area contributed by atoms with Crippen molar-refractivity contribution in [2.24, 2.45) is 5.73 Å². The molecule has 1 aromatic carbocycles. The average molecular weight is 209 g/mol. The highest BCUT2D eigenvalue weighted by atomic mass is 32.1. The Morgan fingerprint density at radius 2 is 2.00 bits per heavy atom. The van der Waals surface area contributed by atoms with Gasteiger partial charge in [0, 0.05) is 12.5 Å². The van der Waals surface area contributed by atoms with Crippen molar-refractivity contribution in [3.8, 4) is 0 Å². The Morgan fingerprint density at radius 3 is 2.43 bits per heavy atom. The summed E-state index contributed by atoms with van der Waals surface area (Å²) in [5.74, 6) is -0.288. The van der Waals surface area contributed by atoms with Crippen molar-refractivity contribution < 1.29 is 9.53 Å². The summed E-state index contributed by atoms with van der Waals surface area (Å²) in [4.78, 5) is 10.9. The maximum Gasteiger partial charge on any atom is 0.302 e. The smallest absolute Gasteiger partial charge is 0.302 e. The Hall–Kier alpha value is -1.42. The third kappa shape index (κ3) is 3.14. The van der Waals surface area contributed by atoms with Gasteiger partial charge in [0.2, 0.25) is 0 Å². The molecular weight excluding hydrogens is 198 g/mol. The fraction of sp³-hybridized carbons (Fsp3) is 0.200. The molecule has 1 rings (SSSR count). The number of rotatable bonds is 3. The lowest BCUT2D eigenvalue weighted by atomic mass is 10.1. The van der Waals surface area contributed by atoms with Gasteiger partial charge in [-0.25, -0.2) is 0 Å².